The third-order valence-electron chi connectivity index (χ3n) is 4.44. The van der Waals surface area contributed by atoms with Gasteiger partial charge in [0.1, 0.15) is 0 Å². The smallest absolute Gasteiger partial charge is 0.232 e. The Hall–Kier alpha value is -2.48. The number of nitrogens with zero attached hydrogens (tertiary/aromatic N) is 1. The van der Waals surface area contributed by atoms with Gasteiger partial charge in [-0.3, -0.25) is 9.10 Å². The molecule has 5 nitrogen and oxygen atoms in total. The Labute approximate surface area is 170 Å². The Morgan fingerprint density at radius 1 is 1.03 bits per heavy atom. The highest BCUT2D eigenvalue weighted by atomic mass is 32.2. The largest absolute Gasteiger partial charge is 0.356 e. The van der Waals surface area contributed by atoms with Crippen LogP contribution < -0.4 is 9.62 Å². The maximum absolute atomic E-state index is 13.4. The van der Waals surface area contributed by atoms with Crippen LogP contribution in [0.2, 0.25) is 0 Å². The van der Waals surface area contributed by atoms with Crippen LogP contribution in [-0.2, 0) is 21.2 Å². The summed E-state index contributed by atoms with van der Waals surface area (Å²) >= 11 is 0. The molecular formula is C21H26F2N2O3S. The summed E-state index contributed by atoms with van der Waals surface area (Å²) in [6.45, 7) is 2.56. The molecule has 0 heterocycles. The lowest BCUT2D eigenvalue weighted by atomic mass is 10.1. The second kappa shape index (κ2) is 10.3. The van der Waals surface area contributed by atoms with Crippen molar-refractivity contribution in [2.45, 2.75) is 32.6 Å². The Bertz CT molecular complexity index is 931. The zero-order valence-corrected chi connectivity index (χ0v) is 17.4. The molecule has 0 atom stereocenters. The summed E-state index contributed by atoms with van der Waals surface area (Å²) in [5.41, 5.74) is 2.44. The molecule has 0 aliphatic rings. The topological polar surface area (TPSA) is 66.5 Å². The normalized spacial score (nSPS) is 11.3. The maximum Gasteiger partial charge on any atom is 0.232 e. The fourth-order valence-corrected chi connectivity index (χ4v) is 3.83. The molecular weight excluding hydrogens is 398 g/mol. The van der Waals surface area contributed by atoms with Crippen molar-refractivity contribution in [2.24, 2.45) is 0 Å². The SMILES string of the molecule is Cc1ccc(CCCNC(=O)CCCN(c2ccc(F)c(F)c2)S(C)(=O)=O)cc1. The summed E-state index contributed by atoms with van der Waals surface area (Å²) in [5, 5.41) is 2.82. The van der Waals surface area contributed by atoms with Gasteiger partial charge in [0.2, 0.25) is 15.9 Å². The highest BCUT2D eigenvalue weighted by Gasteiger charge is 2.19. The number of hydrogen-bond acceptors (Lipinski definition) is 3. The molecule has 0 bridgehead atoms. The van der Waals surface area contributed by atoms with Gasteiger partial charge in [0.25, 0.3) is 0 Å². The quantitative estimate of drug-likeness (QED) is 0.593. The number of sulfonamides is 1. The molecule has 0 aromatic heterocycles. The van der Waals surface area contributed by atoms with Gasteiger partial charge < -0.3 is 5.32 Å². The highest BCUT2D eigenvalue weighted by Crippen LogP contribution is 2.21. The van der Waals surface area contributed by atoms with E-state index in [1.165, 1.54) is 17.2 Å². The van der Waals surface area contributed by atoms with Gasteiger partial charge in [-0.05, 0) is 43.9 Å². The number of carbonyl (C=O) groups is 1. The first-order valence-electron chi connectivity index (χ1n) is 9.42. The first-order valence-corrected chi connectivity index (χ1v) is 11.3. The molecule has 0 aliphatic heterocycles. The zero-order valence-electron chi connectivity index (χ0n) is 16.6. The fourth-order valence-electron chi connectivity index (χ4n) is 2.87. The number of nitrogens with one attached hydrogen (secondary N) is 1. The van der Waals surface area contributed by atoms with Crippen LogP contribution in [0, 0.1) is 18.6 Å². The molecule has 0 fully saturated rings. The molecule has 158 valence electrons. The molecule has 2 rings (SSSR count). The summed E-state index contributed by atoms with van der Waals surface area (Å²) in [5.74, 6) is -2.35. The van der Waals surface area contributed by atoms with E-state index in [0.29, 0.717) is 6.54 Å². The van der Waals surface area contributed by atoms with Gasteiger partial charge in [0, 0.05) is 25.6 Å². The van der Waals surface area contributed by atoms with Crippen LogP contribution in [0.15, 0.2) is 42.5 Å². The van der Waals surface area contributed by atoms with E-state index in [9.17, 15) is 22.0 Å². The van der Waals surface area contributed by atoms with E-state index in [0.717, 1.165) is 35.5 Å². The van der Waals surface area contributed by atoms with Gasteiger partial charge in [-0.15, -0.1) is 0 Å². The van der Waals surface area contributed by atoms with Crippen LogP contribution in [0.25, 0.3) is 0 Å². The van der Waals surface area contributed by atoms with Crippen molar-refractivity contribution in [1.29, 1.82) is 0 Å². The van der Waals surface area contributed by atoms with Crippen LogP contribution in [-0.4, -0.2) is 33.7 Å². The molecule has 1 amide bonds. The van der Waals surface area contributed by atoms with Gasteiger partial charge in [-0.1, -0.05) is 29.8 Å². The van der Waals surface area contributed by atoms with E-state index >= 15 is 0 Å². The van der Waals surface area contributed by atoms with E-state index in [2.05, 4.69) is 29.6 Å². The summed E-state index contributed by atoms with van der Waals surface area (Å²) in [7, 11) is -3.69. The zero-order chi connectivity index (χ0) is 21.4. The minimum atomic E-state index is -3.69. The van der Waals surface area contributed by atoms with E-state index in [-0.39, 0.29) is 31.0 Å². The number of hydrogen-bond donors (Lipinski definition) is 1. The average molecular weight is 425 g/mol. The molecule has 0 spiro atoms. The number of rotatable bonds is 10. The molecule has 0 aliphatic carbocycles. The molecule has 0 unspecified atom stereocenters. The van der Waals surface area contributed by atoms with E-state index < -0.39 is 21.7 Å². The summed E-state index contributed by atoms with van der Waals surface area (Å²) in [4.78, 5) is 12.0. The fraction of sp³-hybridized carbons (Fsp3) is 0.381. The lowest BCUT2D eigenvalue weighted by molar-refractivity contribution is -0.121. The molecule has 29 heavy (non-hydrogen) atoms. The molecule has 1 N–H and O–H groups in total. The van der Waals surface area contributed by atoms with Gasteiger partial charge in [-0.2, -0.15) is 0 Å². The third kappa shape index (κ3) is 7.45. The van der Waals surface area contributed by atoms with Crippen molar-refractivity contribution in [3.63, 3.8) is 0 Å². The number of benzene rings is 2. The van der Waals surface area contributed by atoms with Crippen molar-refractivity contribution in [1.82, 2.24) is 5.32 Å². The van der Waals surface area contributed by atoms with Crippen LogP contribution in [0.1, 0.15) is 30.4 Å². The molecule has 0 radical (unpaired) electrons. The van der Waals surface area contributed by atoms with E-state index in [1.54, 1.807) is 0 Å². The number of amides is 1. The standard InChI is InChI=1S/C21H26F2N2O3S/c1-16-7-9-17(10-8-16)5-3-13-24-21(26)6-4-14-25(29(2,27)28)18-11-12-19(22)20(23)15-18/h7-12,15H,3-6,13-14H2,1-2H3,(H,24,26). The summed E-state index contributed by atoms with van der Waals surface area (Å²) in [6, 6.07) is 11.1. The number of carbonyl (C=O) groups excluding carboxylic acids is 1. The van der Waals surface area contributed by atoms with Crippen molar-refractivity contribution in [3.8, 4) is 0 Å². The first kappa shape index (κ1) is 22.8. The predicted molar refractivity (Wildman–Crippen MR) is 110 cm³/mol. The lowest BCUT2D eigenvalue weighted by Crippen LogP contribution is -2.32. The molecule has 2 aromatic carbocycles. The van der Waals surface area contributed by atoms with Crippen LogP contribution in [0.3, 0.4) is 0 Å². The predicted octanol–water partition coefficient (Wildman–Crippen LogP) is 3.57. The number of aryl methyl sites for hydroxylation is 2. The maximum atomic E-state index is 13.4. The highest BCUT2D eigenvalue weighted by molar-refractivity contribution is 7.92. The van der Waals surface area contributed by atoms with Crippen molar-refractivity contribution in [3.05, 3.63) is 65.2 Å². The summed E-state index contributed by atoms with van der Waals surface area (Å²) in [6.07, 6.45) is 3.05. The number of anilines is 1. The van der Waals surface area contributed by atoms with Crippen LogP contribution >= 0.6 is 0 Å². The van der Waals surface area contributed by atoms with Crippen molar-refractivity contribution in [2.75, 3.05) is 23.7 Å². The minimum absolute atomic E-state index is 0.000687. The minimum Gasteiger partial charge on any atom is -0.356 e. The lowest BCUT2D eigenvalue weighted by Gasteiger charge is -2.22. The molecule has 2 aromatic rings. The van der Waals surface area contributed by atoms with E-state index in [4.69, 9.17) is 0 Å². The second-order valence-corrected chi connectivity index (χ2v) is 8.88. The molecule has 0 saturated carbocycles. The molecule has 0 saturated heterocycles. The Morgan fingerprint density at radius 2 is 1.72 bits per heavy atom. The molecule has 8 heteroatoms. The van der Waals surface area contributed by atoms with Gasteiger partial charge >= 0.3 is 0 Å². The van der Waals surface area contributed by atoms with Crippen molar-refractivity contribution >= 4 is 21.6 Å². The van der Waals surface area contributed by atoms with Gasteiger partial charge in [-0.25, -0.2) is 17.2 Å². The Kier molecular flexibility index (Phi) is 8.13. The summed E-state index contributed by atoms with van der Waals surface area (Å²) < 4.78 is 51.5. The third-order valence-corrected chi connectivity index (χ3v) is 5.64. The van der Waals surface area contributed by atoms with Crippen molar-refractivity contribution < 1.29 is 22.0 Å². The van der Waals surface area contributed by atoms with Gasteiger partial charge in [0.15, 0.2) is 11.6 Å². The van der Waals surface area contributed by atoms with Crippen LogP contribution in [0.5, 0.6) is 0 Å². The van der Waals surface area contributed by atoms with Gasteiger partial charge in [0.05, 0.1) is 11.9 Å². The monoisotopic (exact) mass is 424 g/mol. The second-order valence-electron chi connectivity index (χ2n) is 6.98. The van der Waals surface area contributed by atoms with E-state index in [1.807, 2.05) is 6.92 Å². The Morgan fingerprint density at radius 3 is 2.34 bits per heavy atom. The average Bonchev–Trinajstić information content (AvgIpc) is 2.65. The van der Waals surface area contributed by atoms with Crippen LogP contribution in [0.4, 0.5) is 14.5 Å². The Balaban J connectivity index is 1.77. The first-order chi connectivity index (χ1) is 13.7. The number of halogens is 2.